The molecule has 0 saturated carbocycles. The highest BCUT2D eigenvalue weighted by Crippen LogP contribution is 2.33. The standard InChI is InChI=1S/C25H30FNO4/c1-16(29)27-22-14-25-24(13-11-21(15-28)30-25)31-23(22)12-4-17-2-5-18(6-3-17)19-7-9-20(26)10-8-19/h2-3,5-10,21-25,28H,4,11-15H2,1H3,(H,27,29)/t21-,22+,23-,24+,25+/m1/s1. The van der Waals surface area contributed by atoms with Crippen molar-refractivity contribution >= 4 is 5.91 Å². The quantitative estimate of drug-likeness (QED) is 0.739. The molecule has 31 heavy (non-hydrogen) atoms. The van der Waals surface area contributed by atoms with E-state index in [9.17, 15) is 14.3 Å². The molecule has 0 aromatic heterocycles. The van der Waals surface area contributed by atoms with Gasteiger partial charge in [-0.15, -0.1) is 0 Å². The zero-order valence-electron chi connectivity index (χ0n) is 17.8. The Balaban J connectivity index is 1.39. The maximum absolute atomic E-state index is 13.1. The van der Waals surface area contributed by atoms with E-state index < -0.39 is 0 Å². The first-order valence-corrected chi connectivity index (χ1v) is 11.1. The van der Waals surface area contributed by atoms with Crippen LogP contribution in [0, 0.1) is 5.82 Å². The first-order valence-electron chi connectivity index (χ1n) is 11.1. The summed E-state index contributed by atoms with van der Waals surface area (Å²) in [6, 6.07) is 14.7. The highest BCUT2D eigenvalue weighted by atomic mass is 19.1. The van der Waals surface area contributed by atoms with Crippen molar-refractivity contribution in [2.45, 2.75) is 69.5 Å². The number of carbonyl (C=O) groups excluding carboxylic acids is 1. The molecule has 5 atom stereocenters. The second kappa shape index (κ2) is 9.90. The zero-order valence-corrected chi connectivity index (χ0v) is 17.8. The molecule has 1 amide bonds. The summed E-state index contributed by atoms with van der Waals surface area (Å²) in [6.07, 6.45) is 3.71. The molecule has 0 bridgehead atoms. The van der Waals surface area contributed by atoms with Crippen LogP contribution in [0.4, 0.5) is 4.39 Å². The van der Waals surface area contributed by atoms with Gasteiger partial charge in [0.05, 0.1) is 37.1 Å². The Bertz CT molecular complexity index is 870. The van der Waals surface area contributed by atoms with Gasteiger partial charge >= 0.3 is 0 Å². The van der Waals surface area contributed by atoms with Gasteiger partial charge in [0.25, 0.3) is 0 Å². The van der Waals surface area contributed by atoms with Gasteiger partial charge in [-0.25, -0.2) is 4.39 Å². The smallest absolute Gasteiger partial charge is 0.217 e. The predicted molar refractivity (Wildman–Crippen MR) is 116 cm³/mol. The van der Waals surface area contributed by atoms with Crippen molar-refractivity contribution in [3.8, 4) is 11.1 Å². The van der Waals surface area contributed by atoms with Crippen LogP contribution in [0.1, 0.15) is 38.2 Å². The fourth-order valence-electron chi connectivity index (χ4n) is 4.65. The molecule has 2 N–H and O–H groups in total. The van der Waals surface area contributed by atoms with Crippen molar-refractivity contribution < 1.29 is 23.8 Å². The molecular weight excluding hydrogens is 397 g/mol. The van der Waals surface area contributed by atoms with Gasteiger partial charge in [0.2, 0.25) is 5.91 Å². The third kappa shape index (κ3) is 5.50. The van der Waals surface area contributed by atoms with Crippen LogP contribution in [-0.2, 0) is 20.7 Å². The maximum Gasteiger partial charge on any atom is 0.217 e. The van der Waals surface area contributed by atoms with Crippen LogP contribution in [-0.4, -0.2) is 48.1 Å². The van der Waals surface area contributed by atoms with Crippen LogP contribution in [0.25, 0.3) is 11.1 Å². The lowest BCUT2D eigenvalue weighted by molar-refractivity contribution is -0.202. The minimum atomic E-state index is -0.237. The van der Waals surface area contributed by atoms with Crippen LogP contribution >= 0.6 is 0 Å². The van der Waals surface area contributed by atoms with Crippen molar-refractivity contribution in [1.82, 2.24) is 5.32 Å². The summed E-state index contributed by atoms with van der Waals surface area (Å²) in [7, 11) is 0. The van der Waals surface area contributed by atoms with Gasteiger partial charge in [-0.2, -0.15) is 0 Å². The fourth-order valence-corrected chi connectivity index (χ4v) is 4.65. The van der Waals surface area contributed by atoms with Gasteiger partial charge in [0.1, 0.15) is 5.82 Å². The number of rotatable bonds is 6. The number of aliphatic hydroxyl groups excluding tert-OH is 1. The number of halogens is 1. The molecule has 2 aliphatic rings. The summed E-state index contributed by atoms with van der Waals surface area (Å²) in [6.45, 7) is 1.54. The van der Waals surface area contributed by atoms with Gasteiger partial charge in [-0.1, -0.05) is 36.4 Å². The summed E-state index contributed by atoms with van der Waals surface area (Å²) in [4.78, 5) is 11.7. The summed E-state index contributed by atoms with van der Waals surface area (Å²) in [5, 5.41) is 12.4. The number of hydrogen-bond donors (Lipinski definition) is 2. The number of aliphatic hydroxyl groups is 1. The molecule has 166 valence electrons. The van der Waals surface area contributed by atoms with Gasteiger partial charge in [-0.05, 0) is 60.9 Å². The largest absolute Gasteiger partial charge is 0.394 e. The number of aryl methyl sites for hydroxylation is 1. The first-order chi connectivity index (χ1) is 15.0. The molecule has 2 aromatic rings. The monoisotopic (exact) mass is 427 g/mol. The number of hydrogen-bond acceptors (Lipinski definition) is 4. The Morgan fingerprint density at radius 1 is 1.03 bits per heavy atom. The van der Waals surface area contributed by atoms with E-state index in [0.717, 1.165) is 36.8 Å². The summed E-state index contributed by atoms with van der Waals surface area (Å²) in [5.74, 6) is -0.311. The number of carbonyl (C=O) groups is 1. The number of benzene rings is 2. The van der Waals surface area contributed by atoms with Gasteiger partial charge in [0.15, 0.2) is 0 Å². The molecule has 2 aromatic carbocycles. The molecule has 6 heteroatoms. The van der Waals surface area contributed by atoms with Crippen molar-refractivity contribution in [2.24, 2.45) is 0 Å². The van der Waals surface area contributed by atoms with Crippen molar-refractivity contribution in [3.63, 3.8) is 0 Å². The summed E-state index contributed by atoms with van der Waals surface area (Å²) < 4.78 is 25.5. The summed E-state index contributed by atoms with van der Waals surface area (Å²) >= 11 is 0. The normalized spacial score (nSPS) is 28.0. The number of amides is 1. The van der Waals surface area contributed by atoms with Crippen molar-refractivity contribution in [2.75, 3.05) is 6.61 Å². The van der Waals surface area contributed by atoms with Gasteiger partial charge in [-0.3, -0.25) is 4.79 Å². The van der Waals surface area contributed by atoms with Crippen molar-refractivity contribution in [3.05, 3.63) is 59.9 Å². The van der Waals surface area contributed by atoms with E-state index in [4.69, 9.17) is 9.47 Å². The highest BCUT2D eigenvalue weighted by Gasteiger charge is 2.42. The van der Waals surface area contributed by atoms with Crippen LogP contribution in [0.5, 0.6) is 0 Å². The van der Waals surface area contributed by atoms with Crippen molar-refractivity contribution in [1.29, 1.82) is 0 Å². The van der Waals surface area contributed by atoms with E-state index in [1.807, 2.05) is 0 Å². The highest BCUT2D eigenvalue weighted by molar-refractivity contribution is 5.73. The Morgan fingerprint density at radius 2 is 1.71 bits per heavy atom. The molecule has 5 nitrogen and oxygen atoms in total. The molecule has 0 aliphatic carbocycles. The average Bonchev–Trinajstić information content (AvgIpc) is 2.78. The average molecular weight is 428 g/mol. The zero-order chi connectivity index (χ0) is 21.8. The molecule has 0 radical (unpaired) electrons. The fraction of sp³-hybridized carbons (Fsp3) is 0.480. The van der Waals surface area contributed by atoms with E-state index in [1.54, 1.807) is 12.1 Å². The minimum absolute atomic E-state index is 0.0126. The van der Waals surface area contributed by atoms with E-state index in [0.29, 0.717) is 6.42 Å². The minimum Gasteiger partial charge on any atom is -0.394 e. The van der Waals surface area contributed by atoms with E-state index >= 15 is 0 Å². The molecular formula is C25H30FNO4. The second-order valence-electron chi connectivity index (χ2n) is 8.55. The number of nitrogens with one attached hydrogen (secondary N) is 1. The lowest BCUT2D eigenvalue weighted by Crippen LogP contribution is -2.57. The first kappa shape index (κ1) is 21.9. The lowest BCUT2D eigenvalue weighted by atomic mass is 9.88. The summed E-state index contributed by atoms with van der Waals surface area (Å²) in [5.41, 5.74) is 3.23. The van der Waals surface area contributed by atoms with Gasteiger partial charge < -0.3 is 19.9 Å². The number of fused-ring (bicyclic) bond motifs is 1. The molecule has 2 aliphatic heterocycles. The Kier molecular flexibility index (Phi) is 7.00. The molecule has 4 rings (SSSR count). The molecule has 2 saturated heterocycles. The Hall–Kier alpha value is -2.28. The Labute approximate surface area is 182 Å². The predicted octanol–water partition coefficient (Wildman–Crippen LogP) is 3.63. The molecule has 0 spiro atoms. The third-order valence-electron chi connectivity index (χ3n) is 6.28. The maximum atomic E-state index is 13.1. The van der Waals surface area contributed by atoms with Crippen LogP contribution in [0.15, 0.2) is 48.5 Å². The van der Waals surface area contributed by atoms with E-state index in [1.165, 1.54) is 24.6 Å². The molecule has 0 unspecified atom stereocenters. The second-order valence-corrected chi connectivity index (χ2v) is 8.55. The number of ether oxygens (including phenoxy) is 2. The molecule has 2 heterocycles. The lowest BCUT2D eigenvalue weighted by Gasteiger charge is -2.45. The van der Waals surface area contributed by atoms with E-state index in [-0.39, 0.29) is 48.8 Å². The van der Waals surface area contributed by atoms with Crippen LogP contribution < -0.4 is 5.32 Å². The topological polar surface area (TPSA) is 67.8 Å². The van der Waals surface area contributed by atoms with Crippen LogP contribution in [0.3, 0.4) is 0 Å². The Morgan fingerprint density at radius 3 is 2.35 bits per heavy atom. The third-order valence-corrected chi connectivity index (χ3v) is 6.28. The molecule has 2 fully saturated rings. The van der Waals surface area contributed by atoms with Gasteiger partial charge in [0, 0.05) is 6.92 Å². The van der Waals surface area contributed by atoms with E-state index in [2.05, 4.69) is 29.6 Å². The van der Waals surface area contributed by atoms with Crippen LogP contribution in [0.2, 0.25) is 0 Å². The SMILES string of the molecule is CC(=O)N[C@H]1C[C@@H]2O[C@@H](CO)CC[C@@H]2O[C@@H]1CCc1ccc(-c2ccc(F)cc2)cc1.